The Hall–Kier alpha value is -2.95. The summed E-state index contributed by atoms with van der Waals surface area (Å²) in [5.74, 6) is -0.315. The van der Waals surface area contributed by atoms with Gasteiger partial charge in [0.15, 0.2) is 5.78 Å². The molecule has 176 valence electrons. The number of carbonyl (C=O) groups excluding carboxylic acids is 3. The highest BCUT2D eigenvalue weighted by molar-refractivity contribution is 5.96. The lowest BCUT2D eigenvalue weighted by molar-refractivity contribution is -0.146. The lowest BCUT2D eigenvalue weighted by Crippen LogP contribution is -2.15. The second-order valence-corrected chi connectivity index (χ2v) is 8.92. The number of hydrogen-bond donors (Lipinski definition) is 0. The third-order valence-electron chi connectivity index (χ3n) is 6.32. The predicted molar refractivity (Wildman–Crippen MR) is 128 cm³/mol. The normalized spacial score (nSPS) is 18.0. The zero-order chi connectivity index (χ0) is 24.1. The van der Waals surface area contributed by atoms with Crippen molar-refractivity contribution in [2.24, 2.45) is 0 Å². The quantitative estimate of drug-likeness (QED) is 0.485. The van der Waals surface area contributed by atoms with Crippen LogP contribution < -0.4 is 0 Å². The Kier molecular flexibility index (Phi) is 8.06. The van der Waals surface area contributed by atoms with E-state index in [2.05, 4.69) is 31.2 Å². The van der Waals surface area contributed by atoms with Gasteiger partial charge in [-0.15, -0.1) is 0 Å². The fourth-order valence-electron chi connectivity index (χ4n) is 4.79. The van der Waals surface area contributed by atoms with Crippen LogP contribution in [0.15, 0.2) is 30.3 Å². The average molecular weight is 451 g/mol. The van der Waals surface area contributed by atoms with Crippen molar-refractivity contribution in [2.45, 2.75) is 85.4 Å². The molecule has 0 amide bonds. The highest BCUT2D eigenvalue weighted by Crippen LogP contribution is 2.28. The summed E-state index contributed by atoms with van der Waals surface area (Å²) in [6.45, 7) is 8.70. The van der Waals surface area contributed by atoms with Gasteiger partial charge in [-0.3, -0.25) is 14.4 Å². The fraction of sp³-hybridized carbons (Fsp3) is 0.464. The Bertz CT molecular complexity index is 1050. The first-order valence-electron chi connectivity index (χ1n) is 11.8. The minimum Gasteiger partial charge on any atom is -0.462 e. The van der Waals surface area contributed by atoms with Crippen molar-refractivity contribution in [1.82, 2.24) is 0 Å². The fourth-order valence-corrected chi connectivity index (χ4v) is 4.79. The first kappa shape index (κ1) is 24.7. The molecule has 0 N–H and O–H groups in total. The molecule has 0 radical (unpaired) electrons. The highest BCUT2D eigenvalue weighted by Gasteiger charge is 2.26. The molecule has 2 unspecified atom stereocenters. The van der Waals surface area contributed by atoms with Crippen LogP contribution >= 0.6 is 0 Å². The molecule has 5 heteroatoms. The Morgan fingerprint density at radius 2 is 1.24 bits per heavy atom. The molecular formula is C28H34O5. The summed E-state index contributed by atoms with van der Waals surface area (Å²) in [6, 6.07) is 10.6. The van der Waals surface area contributed by atoms with Crippen molar-refractivity contribution in [3.05, 3.63) is 69.3 Å². The number of rotatable bonds is 5. The summed E-state index contributed by atoms with van der Waals surface area (Å²) >= 11 is 0. The Morgan fingerprint density at radius 1 is 0.727 bits per heavy atom. The van der Waals surface area contributed by atoms with E-state index >= 15 is 0 Å². The van der Waals surface area contributed by atoms with Crippen LogP contribution in [0.2, 0.25) is 0 Å². The maximum atomic E-state index is 11.6. The molecular weight excluding hydrogens is 416 g/mol. The van der Waals surface area contributed by atoms with Gasteiger partial charge in [0.25, 0.3) is 0 Å². The van der Waals surface area contributed by atoms with Gasteiger partial charge < -0.3 is 9.47 Å². The average Bonchev–Trinajstić information content (AvgIpc) is 3.33. The molecule has 0 aliphatic heterocycles. The monoisotopic (exact) mass is 450 g/mol. The van der Waals surface area contributed by atoms with Crippen LogP contribution in [0.5, 0.6) is 0 Å². The van der Waals surface area contributed by atoms with Crippen LogP contribution in [0.3, 0.4) is 0 Å². The van der Waals surface area contributed by atoms with E-state index in [1.165, 1.54) is 36.1 Å². The molecule has 0 bridgehead atoms. The molecule has 2 aromatic carbocycles. The van der Waals surface area contributed by atoms with Gasteiger partial charge in [-0.25, -0.2) is 0 Å². The third kappa shape index (κ3) is 6.31. The largest absolute Gasteiger partial charge is 0.462 e. The minimum atomic E-state index is -0.240. The number of aryl methyl sites for hydroxylation is 2. The number of hydrogen-bond acceptors (Lipinski definition) is 5. The molecule has 4 rings (SSSR count). The van der Waals surface area contributed by atoms with Gasteiger partial charge in [0.1, 0.15) is 12.2 Å². The van der Waals surface area contributed by atoms with Crippen molar-refractivity contribution >= 4 is 17.7 Å². The van der Waals surface area contributed by atoms with Gasteiger partial charge >= 0.3 is 11.9 Å². The second-order valence-electron chi connectivity index (χ2n) is 8.92. The molecule has 33 heavy (non-hydrogen) atoms. The zero-order valence-corrected chi connectivity index (χ0v) is 20.3. The van der Waals surface area contributed by atoms with Crippen LogP contribution in [0.1, 0.15) is 78.4 Å². The number of ketones is 1. The molecule has 5 nitrogen and oxygen atoms in total. The van der Waals surface area contributed by atoms with Gasteiger partial charge in [0.2, 0.25) is 0 Å². The summed E-state index contributed by atoms with van der Waals surface area (Å²) in [6.07, 6.45) is 5.14. The number of fused-ring (bicyclic) bond motifs is 2. The van der Waals surface area contributed by atoms with Gasteiger partial charge in [-0.1, -0.05) is 38.1 Å². The van der Waals surface area contributed by atoms with E-state index < -0.39 is 0 Å². The molecule has 0 heterocycles. The van der Waals surface area contributed by atoms with Crippen LogP contribution in [-0.2, 0) is 57.6 Å². The van der Waals surface area contributed by atoms with Crippen molar-refractivity contribution in [3.8, 4) is 0 Å². The van der Waals surface area contributed by atoms with Gasteiger partial charge in [0.05, 0.1) is 0 Å². The molecule has 0 saturated carbocycles. The van der Waals surface area contributed by atoms with Crippen LogP contribution in [0, 0.1) is 0 Å². The van der Waals surface area contributed by atoms with Crippen LogP contribution in [-0.4, -0.2) is 29.9 Å². The summed E-state index contributed by atoms with van der Waals surface area (Å²) in [5, 5.41) is 0. The van der Waals surface area contributed by atoms with E-state index in [1.54, 1.807) is 6.92 Å². The standard InChI is InChI=1S/C15H18O3.C13H16O2/c1-4-11-5-12-6-14(18-10(3)17)7-13(12)8-15(11)9(2)16;1-3-10-4-5-11-7-13(15-9(2)14)8-12(11)6-10/h5,8,14H,4,6-7H2,1-3H3;4-6,13H,3,7-8H2,1-2H3. The molecule has 2 aliphatic carbocycles. The smallest absolute Gasteiger partial charge is 0.302 e. The maximum Gasteiger partial charge on any atom is 0.302 e. The number of ether oxygens (including phenoxy) is 2. The number of benzene rings is 2. The Morgan fingerprint density at radius 3 is 1.73 bits per heavy atom. The van der Waals surface area contributed by atoms with E-state index in [9.17, 15) is 14.4 Å². The summed E-state index contributed by atoms with van der Waals surface area (Å²) in [4.78, 5) is 33.4. The van der Waals surface area contributed by atoms with Crippen molar-refractivity contribution in [1.29, 1.82) is 0 Å². The molecule has 0 aromatic heterocycles. The van der Waals surface area contributed by atoms with Gasteiger partial charge in [-0.05, 0) is 59.2 Å². The number of esters is 2. The summed E-state index contributed by atoms with van der Waals surface area (Å²) < 4.78 is 10.5. The first-order valence-corrected chi connectivity index (χ1v) is 11.8. The van der Waals surface area contributed by atoms with E-state index in [4.69, 9.17) is 9.47 Å². The Labute approximate surface area is 196 Å². The topological polar surface area (TPSA) is 69.7 Å². The van der Waals surface area contributed by atoms with E-state index in [0.717, 1.165) is 55.2 Å². The van der Waals surface area contributed by atoms with E-state index in [1.807, 2.05) is 13.0 Å². The lowest BCUT2D eigenvalue weighted by atomic mass is 9.96. The van der Waals surface area contributed by atoms with Crippen molar-refractivity contribution in [3.63, 3.8) is 0 Å². The van der Waals surface area contributed by atoms with Crippen LogP contribution in [0.25, 0.3) is 0 Å². The lowest BCUT2D eigenvalue weighted by Gasteiger charge is -2.08. The van der Waals surface area contributed by atoms with Crippen LogP contribution in [0.4, 0.5) is 0 Å². The minimum absolute atomic E-state index is 0.0598. The molecule has 0 fully saturated rings. The van der Waals surface area contributed by atoms with Crippen molar-refractivity contribution in [2.75, 3.05) is 0 Å². The first-order chi connectivity index (χ1) is 15.7. The van der Waals surface area contributed by atoms with E-state index in [0.29, 0.717) is 0 Å². The Balaban J connectivity index is 0.000000189. The van der Waals surface area contributed by atoms with Gasteiger partial charge in [0, 0.05) is 45.1 Å². The molecule has 2 aromatic rings. The predicted octanol–water partition coefficient (Wildman–Crippen LogP) is 4.76. The zero-order valence-electron chi connectivity index (χ0n) is 20.3. The second kappa shape index (κ2) is 10.8. The SMILES string of the molecule is CCc1cc2c(cc1C(C)=O)CC(OC(C)=O)C2.CCc1ccc2c(c1)CC(OC(C)=O)C2. The third-order valence-corrected chi connectivity index (χ3v) is 6.32. The number of Topliss-reactive ketones (excluding diaryl/α,β-unsaturated/α-hetero) is 1. The highest BCUT2D eigenvalue weighted by atomic mass is 16.5. The van der Waals surface area contributed by atoms with E-state index in [-0.39, 0.29) is 29.9 Å². The molecule has 0 spiro atoms. The van der Waals surface area contributed by atoms with Crippen molar-refractivity contribution < 1.29 is 23.9 Å². The molecule has 2 atom stereocenters. The number of carbonyl (C=O) groups is 3. The molecule has 0 saturated heterocycles. The summed E-state index contributed by atoms with van der Waals surface area (Å²) in [7, 11) is 0. The summed E-state index contributed by atoms with van der Waals surface area (Å²) in [5.41, 5.74) is 8.28. The maximum absolute atomic E-state index is 11.6. The molecule has 2 aliphatic rings. The van der Waals surface area contributed by atoms with Gasteiger partial charge in [-0.2, -0.15) is 0 Å².